The van der Waals surface area contributed by atoms with E-state index in [1.54, 1.807) is 18.2 Å². The molecule has 21 heavy (non-hydrogen) atoms. The number of nitrogen functional groups attached to an aromatic ring is 2. The van der Waals surface area contributed by atoms with Gasteiger partial charge in [0, 0.05) is 11.5 Å². The molecular weight excluding hydrogens is 307 g/mol. The zero-order valence-electron chi connectivity index (χ0n) is 10.9. The number of anilines is 2. The monoisotopic (exact) mass is 318 g/mol. The molecule has 0 atom stereocenters. The van der Waals surface area contributed by atoms with Crippen molar-refractivity contribution >= 4 is 45.3 Å². The summed E-state index contributed by atoms with van der Waals surface area (Å²) in [5.74, 6) is 0.932. The molecule has 5 heteroatoms. The van der Waals surface area contributed by atoms with Crippen LogP contribution >= 0.6 is 23.2 Å². The molecule has 4 N–H and O–H groups in total. The van der Waals surface area contributed by atoms with Crippen molar-refractivity contribution in [2.75, 3.05) is 11.5 Å². The van der Waals surface area contributed by atoms with Gasteiger partial charge in [-0.05, 0) is 17.5 Å². The van der Waals surface area contributed by atoms with Gasteiger partial charge in [-0.25, -0.2) is 0 Å². The van der Waals surface area contributed by atoms with Gasteiger partial charge in [0.25, 0.3) is 0 Å². The number of hydrogen-bond acceptors (Lipinski definition) is 3. The first-order valence-electron chi connectivity index (χ1n) is 6.26. The van der Waals surface area contributed by atoms with Crippen molar-refractivity contribution in [2.24, 2.45) is 0 Å². The van der Waals surface area contributed by atoms with Crippen molar-refractivity contribution in [3.8, 4) is 11.5 Å². The zero-order chi connectivity index (χ0) is 15.0. The Labute approximate surface area is 132 Å². The van der Waals surface area contributed by atoms with Crippen LogP contribution in [0.25, 0.3) is 10.8 Å². The third-order valence-corrected chi connectivity index (χ3v) is 3.87. The van der Waals surface area contributed by atoms with Crippen LogP contribution in [0.1, 0.15) is 0 Å². The van der Waals surface area contributed by atoms with Crippen LogP contribution in [0, 0.1) is 0 Å². The van der Waals surface area contributed by atoms with Crippen LogP contribution in [-0.4, -0.2) is 0 Å². The summed E-state index contributed by atoms with van der Waals surface area (Å²) in [6, 6.07) is 14.7. The molecule has 3 aromatic carbocycles. The molecule has 0 saturated carbocycles. The molecule has 0 saturated heterocycles. The van der Waals surface area contributed by atoms with E-state index in [0.717, 1.165) is 10.8 Å². The van der Waals surface area contributed by atoms with Crippen LogP contribution in [0.2, 0.25) is 10.0 Å². The van der Waals surface area contributed by atoms with Gasteiger partial charge >= 0.3 is 0 Å². The molecular formula is C16H12Cl2N2O. The highest BCUT2D eigenvalue weighted by molar-refractivity contribution is 6.37. The summed E-state index contributed by atoms with van der Waals surface area (Å²) in [6.07, 6.45) is 0. The van der Waals surface area contributed by atoms with Crippen LogP contribution in [0.15, 0.2) is 48.5 Å². The molecule has 0 aliphatic rings. The van der Waals surface area contributed by atoms with Crippen LogP contribution in [0.5, 0.6) is 11.5 Å². The van der Waals surface area contributed by atoms with Crippen LogP contribution in [-0.2, 0) is 0 Å². The molecule has 0 aromatic heterocycles. The number of ether oxygens (including phenoxy) is 1. The Hall–Kier alpha value is -2.10. The fraction of sp³-hybridized carbons (Fsp3) is 0. The van der Waals surface area contributed by atoms with E-state index in [9.17, 15) is 0 Å². The lowest BCUT2D eigenvalue weighted by Crippen LogP contribution is -1.96. The average molecular weight is 319 g/mol. The summed E-state index contributed by atoms with van der Waals surface area (Å²) in [5, 5.41) is 2.86. The van der Waals surface area contributed by atoms with Crippen LogP contribution in [0.3, 0.4) is 0 Å². The molecule has 0 bridgehead atoms. The summed E-state index contributed by atoms with van der Waals surface area (Å²) in [7, 11) is 0. The Morgan fingerprint density at radius 1 is 0.810 bits per heavy atom. The molecule has 0 unspecified atom stereocenters. The summed E-state index contributed by atoms with van der Waals surface area (Å²) in [4.78, 5) is 0. The molecule has 0 spiro atoms. The van der Waals surface area contributed by atoms with E-state index in [1.807, 2.05) is 30.3 Å². The van der Waals surface area contributed by atoms with E-state index in [-0.39, 0.29) is 0 Å². The van der Waals surface area contributed by atoms with Crippen molar-refractivity contribution in [1.29, 1.82) is 0 Å². The summed E-state index contributed by atoms with van der Waals surface area (Å²) in [6.45, 7) is 0. The minimum atomic E-state index is 0.380. The van der Waals surface area contributed by atoms with Gasteiger partial charge in [0.1, 0.15) is 11.5 Å². The molecule has 0 aliphatic carbocycles. The van der Waals surface area contributed by atoms with Gasteiger partial charge in [-0.15, -0.1) is 0 Å². The second kappa shape index (κ2) is 5.35. The highest BCUT2D eigenvalue weighted by atomic mass is 35.5. The summed E-state index contributed by atoms with van der Waals surface area (Å²) >= 11 is 12.5. The van der Waals surface area contributed by atoms with Crippen molar-refractivity contribution in [2.45, 2.75) is 0 Å². The van der Waals surface area contributed by atoms with Crippen LogP contribution in [0.4, 0.5) is 11.4 Å². The molecule has 3 nitrogen and oxygen atoms in total. The van der Waals surface area contributed by atoms with Gasteiger partial charge in [0.2, 0.25) is 0 Å². The largest absolute Gasteiger partial charge is 0.454 e. The van der Waals surface area contributed by atoms with E-state index < -0.39 is 0 Å². The van der Waals surface area contributed by atoms with Crippen molar-refractivity contribution < 1.29 is 4.74 Å². The Morgan fingerprint density at radius 3 is 2.33 bits per heavy atom. The third-order valence-electron chi connectivity index (χ3n) is 3.19. The van der Waals surface area contributed by atoms with E-state index in [0.29, 0.717) is 32.9 Å². The quantitative estimate of drug-likeness (QED) is 0.646. The first-order chi connectivity index (χ1) is 10.1. The molecule has 0 amide bonds. The lowest BCUT2D eigenvalue weighted by molar-refractivity contribution is 0.484. The second-order valence-corrected chi connectivity index (χ2v) is 5.40. The van der Waals surface area contributed by atoms with Gasteiger partial charge in [-0.3, -0.25) is 0 Å². The SMILES string of the molecule is Nc1cc(Cl)c(Oc2ccc3ccccc3c2Cl)cc1N. The predicted octanol–water partition coefficient (Wildman–Crippen LogP) is 5.10. The van der Waals surface area contributed by atoms with Crippen molar-refractivity contribution in [3.63, 3.8) is 0 Å². The molecule has 0 radical (unpaired) electrons. The number of benzene rings is 3. The zero-order valence-corrected chi connectivity index (χ0v) is 12.4. The van der Waals surface area contributed by atoms with Crippen molar-refractivity contribution in [1.82, 2.24) is 0 Å². The first-order valence-corrected chi connectivity index (χ1v) is 7.01. The molecule has 0 aliphatic heterocycles. The molecule has 0 heterocycles. The lowest BCUT2D eigenvalue weighted by Gasteiger charge is -2.12. The highest BCUT2D eigenvalue weighted by Crippen LogP contribution is 2.39. The summed E-state index contributed by atoms with van der Waals surface area (Å²) < 4.78 is 5.78. The molecule has 3 rings (SSSR count). The smallest absolute Gasteiger partial charge is 0.148 e. The van der Waals surface area contributed by atoms with E-state index in [1.165, 1.54) is 0 Å². The Balaban J connectivity index is 2.06. The van der Waals surface area contributed by atoms with Gasteiger partial charge < -0.3 is 16.2 Å². The Bertz CT molecular complexity index is 834. The first kappa shape index (κ1) is 13.9. The normalized spacial score (nSPS) is 10.8. The third kappa shape index (κ3) is 2.58. The van der Waals surface area contributed by atoms with Crippen molar-refractivity contribution in [3.05, 3.63) is 58.6 Å². The lowest BCUT2D eigenvalue weighted by atomic mass is 10.1. The fourth-order valence-corrected chi connectivity index (χ4v) is 2.56. The standard InChI is InChI=1S/C16H12Cl2N2O/c17-11-7-12(19)13(20)8-15(11)21-14-6-5-9-3-1-2-4-10(9)16(14)18/h1-8H,19-20H2. The minimum Gasteiger partial charge on any atom is -0.454 e. The maximum Gasteiger partial charge on any atom is 0.148 e. The number of fused-ring (bicyclic) bond motifs is 1. The van der Waals surface area contributed by atoms with E-state index >= 15 is 0 Å². The maximum absolute atomic E-state index is 6.39. The Kier molecular flexibility index (Phi) is 3.53. The minimum absolute atomic E-state index is 0.380. The highest BCUT2D eigenvalue weighted by Gasteiger charge is 2.11. The maximum atomic E-state index is 6.39. The molecule has 3 aromatic rings. The molecule has 0 fully saturated rings. The summed E-state index contributed by atoms with van der Waals surface area (Å²) in [5.41, 5.74) is 12.3. The number of hydrogen-bond donors (Lipinski definition) is 2. The Morgan fingerprint density at radius 2 is 1.52 bits per heavy atom. The van der Waals surface area contributed by atoms with E-state index in [4.69, 9.17) is 39.4 Å². The van der Waals surface area contributed by atoms with Gasteiger partial charge in [-0.2, -0.15) is 0 Å². The van der Waals surface area contributed by atoms with Gasteiger partial charge in [-0.1, -0.05) is 53.5 Å². The number of nitrogens with two attached hydrogens (primary N) is 2. The predicted molar refractivity (Wildman–Crippen MR) is 89.3 cm³/mol. The fourth-order valence-electron chi connectivity index (χ4n) is 2.07. The average Bonchev–Trinajstić information content (AvgIpc) is 2.48. The number of rotatable bonds is 2. The van der Waals surface area contributed by atoms with E-state index in [2.05, 4.69) is 0 Å². The molecule has 106 valence electrons. The van der Waals surface area contributed by atoms with Crippen LogP contribution < -0.4 is 16.2 Å². The number of halogens is 2. The second-order valence-electron chi connectivity index (χ2n) is 4.61. The van der Waals surface area contributed by atoms with Gasteiger partial charge in [0.05, 0.1) is 21.4 Å². The topological polar surface area (TPSA) is 61.3 Å². The van der Waals surface area contributed by atoms with Gasteiger partial charge in [0.15, 0.2) is 0 Å².